The van der Waals surface area contributed by atoms with Gasteiger partial charge in [-0.15, -0.1) is 0 Å². The molecule has 0 aliphatic carbocycles. The molecule has 0 saturated heterocycles. The summed E-state index contributed by atoms with van der Waals surface area (Å²) in [5.74, 6) is 0. The summed E-state index contributed by atoms with van der Waals surface area (Å²) in [5, 5.41) is -2.72. The Morgan fingerprint density at radius 2 is 1.78 bits per heavy atom. The third kappa shape index (κ3) is 3.86. The van der Waals surface area contributed by atoms with Crippen LogP contribution in [-0.4, -0.2) is 21.7 Å². The van der Waals surface area contributed by atoms with Crippen molar-refractivity contribution in [3.8, 4) is 0 Å². The molecule has 1 unspecified atom stereocenters. The van der Waals surface area contributed by atoms with Crippen LogP contribution in [0, 0.1) is 0 Å². The van der Waals surface area contributed by atoms with Gasteiger partial charge in [0.1, 0.15) is 0 Å². The van der Waals surface area contributed by atoms with Crippen molar-refractivity contribution < 1.29 is 26.3 Å². The van der Waals surface area contributed by atoms with E-state index < -0.39 is 26.0 Å². The topological polar surface area (TPSA) is 43.4 Å². The van der Waals surface area contributed by atoms with E-state index in [1.807, 2.05) is 0 Å². The van der Waals surface area contributed by atoms with Gasteiger partial charge in [0.05, 0.1) is 6.61 Å². The molecule has 0 aliphatic rings. The highest BCUT2D eigenvalue weighted by Crippen LogP contribution is 2.40. The van der Waals surface area contributed by atoms with E-state index in [1.165, 1.54) is 19.2 Å². The summed E-state index contributed by atoms with van der Waals surface area (Å²) >= 11 is 0. The first-order valence-corrected chi connectivity index (χ1v) is 7.11. The second-order valence-corrected chi connectivity index (χ2v) is 6.28. The fourth-order valence-corrected chi connectivity index (χ4v) is 2.88. The Balaban J connectivity index is 3.16. The Bertz CT molecular complexity index is 496. The van der Waals surface area contributed by atoms with Gasteiger partial charge in [-0.25, -0.2) is 8.42 Å². The van der Waals surface area contributed by atoms with E-state index in [0.717, 1.165) is 12.1 Å². The van der Waals surface area contributed by atoms with Crippen LogP contribution in [0.1, 0.15) is 16.4 Å². The minimum absolute atomic E-state index is 0.227. The van der Waals surface area contributed by atoms with Crippen molar-refractivity contribution >= 4 is 19.7 Å². The van der Waals surface area contributed by atoms with Gasteiger partial charge in [0.15, 0.2) is 5.25 Å². The second-order valence-electron chi connectivity index (χ2n) is 3.57. The molecule has 1 atom stereocenters. The van der Waals surface area contributed by atoms with Gasteiger partial charge in [-0.05, 0) is 11.1 Å². The fourth-order valence-electron chi connectivity index (χ4n) is 1.47. The third-order valence-corrected chi connectivity index (χ3v) is 3.81. The van der Waals surface area contributed by atoms with Crippen LogP contribution in [0.4, 0.5) is 13.2 Å². The van der Waals surface area contributed by atoms with Gasteiger partial charge in [0.25, 0.3) is 0 Å². The van der Waals surface area contributed by atoms with Gasteiger partial charge >= 0.3 is 6.18 Å². The van der Waals surface area contributed by atoms with E-state index in [0.29, 0.717) is 5.56 Å². The van der Waals surface area contributed by atoms with Crippen LogP contribution in [0.3, 0.4) is 0 Å². The number of alkyl halides is 3. The van der Waals surface area contributed by atoms with Crippen molar-refractivity contribution in [3.05, 3.63) is 35.4 Å². The van der Waals surface area contributed by atoms with Crippen LogP contribution >= 0.6 is 10.7 Å². The van der Waals surface area contributed by atoms with E-state index in [2.05, 4.69) is 0 Å². The quantitative estimate of drug-likeness (QED) is 0.803. The lowest BCUT2D eigenvalue weighted by Crippen LogP contribution is -2.25. The Morgan fingerprint density at radius 1 is 1.28 bits per heavy atom. The molecular formula is C10H10ClF3O3S. The van der Waals surface area contributed by atoms with Crippen LogP contribution < -0.4 is 0 Å². The van der Waals surface area contributed by atoms with Gasteiger partial charge < -0.3 is 4.74 Å². The second kappa shape index (κ2) is 5.46. The maximum absolute atomic E-state index is 12.7. The summed E-state index contributed by atoms with van der Waals surface area (Å²) in [6, 6.07) is 4.87. The van der Waals surface area contributed by atoms with Gasteiger partial charge in [-0.3, -0.25) is 0 Å². The van der Waals surface area contributed by atoms with E-state index in [9.17, 15) is 21.6 Å². The standard InChI is InChI=1S/C10H10ClF3O3S/c1-17-6-7-2-4-8(5-3-7)9(10(12,13)14)18(11,15)16/h2-5,9H,6H2,1H3. The Morgan fingerprint density at radius 3 is 2.11 bits per heavy atom. The monoisotopic (exact) mass is 302 g/mol. The molecule has 0 spiro atoms. The molecule has 1 aromatic carbocycles. The van der Waals surface area contributed by atoms with E-state index in [-0.39, 0.29) is 6.61 Å². The first kappa shape index (κ1) is 15.3. The molecule has 18 heavy (non-hydrogen) atoms. The number of halogens is 4. The predicted octanol–water partition coefficient (Wildman–Crippen LogP) is 3.01. The normalized spacial score (nSPS) is 14.5. The van der Waals surface area contributed by atoms with Crippen LogP contribution in [-0.2, 0) is 20.4 Å². The molecule has 8 heteroatoms. The Kier molecular flexibility index (Phi) is 4.63. The summed E-state index contributed by atoms with van der Waals surface area (Å²) in [6.07, 6.45) is -4.96. The first-order valence-electron chi connectivity index (χ1n) is 4.74. The Labute approximate surface area is 107 Å². The molecule has 0 N–H and O–H groups in total. The molecule has 102 valence electrons. The van der Waals surface area contributed by atoms with Gasteiger partial charge in [0.2, 0.25) is 9.05 Å². The number of benzene rings is 1. The summed E-state index contributed by atoms with van der Waals surface area (Å²) in [4.78, 5) is 0. The van der Waals surface area contributed by atoms with Crippen molar-refractivity contribution in [2.45, 2.75) is 18.0 Å². The zero-order chi connectivity index (χ0) is 14.0. The van der Waals surface area contributed by atoms with Crippen molar-refractivity contribution in [2.75, 3.05) is 7.11 Å². The Hall–Kier alpha value is -0.790. The largest absolute Gasteiger partial charge is 0.410 e. The smallest absolute Gasteiger partial charge is 0.380 e. The molecule has 3 nitrogen and oxygen atoms in total. The summed E-state index contributed by atoms with van der Waals surface area (Å²) in [5.41, 5.74) is 0.214. The first-order chi connectivity index (χ1) is 8.16. The maximum atomic E-state index is 12.7. The zero-order valence-corrected chi connectivity index (χ0v) is 10.8. The minimum atomic E-state index is -4.96. The molecule has 0 radical (unpaired) electrons. The minimum Gasteiger partial charge on any atom is -0.380 e. The predicted molar refractivity (Wildman–Crippen MR) is 60.7 cm³/mol. The number of hydrogen-bond acceptors (Lipinski definition) is 3. The fraction of sp³-hybridized carbons (Fsp3) is 0.400. The number of rotatable bonds is 4. The lowest BCUT2D eigenvalue weighted by atomic mass is 10.1. The molecule has 1 rings (SSSR count). The molecule has 0 heterocycles. The SMILES string of the molecule is COCc1ccc(C(C(F)(F)F)S(=O)(=O)Cl)cc1. The third-order valence-electron chi connectivity index (χ3n) is 2.17. The van der Waals surface area contributed by atoms with Crippen LogP contribution in [0.5, 0.6) is 0 Å². The molecule has 0 amide bonds. The lowest BCUT2D eigenvalue weighted by molar-refractivity contribution is -0.131. The van der Waals surface area contributed by atoms with E-state index >= 15 is 0 Å². The van der Waals surface area contributed by atoms with Crippen molar-refractivity contribution in [3.63, 3.8) is 0 Å². The highest BCUT2D eigenvalue weighted by Gasteiger charge is 2.49. The highest BCUT2D eigenvalue weighted by molar-refractivity contribution is 8.14. The average molecular weight is 303 g/mol. The van der Waals surface area contributed by atoms with Gasteiger partial charge in [-0.1, -0.05) is 24.3 Å². The van der Waals surface area contributed by atoms with Crippen LogP contribution in [0.15, 0.2) is 24.3 Å². The molecule has 0 aromatic heterocycles. The molecular weight excluding hydrogens is 293 g/mol. The number of methoxy groups -OCH3 is 1. The molecule has 0 saturated carbocycles. The summed E-state index contributed by atoms with van der Waals surface area (Å²) in [7, 11) is 1.50. The molecule has 1 aromatic rings. The average Bonchev–Trinajstić information content (AvgIpc) is 2.17. The summed E-state index contributed by atoms with van der Waals surface area (Å²) < 4.78 is 64.8. The maximum Gasteiger partial charge on any atom is 0.410 e. The van der Waals surface area contributed by atoms with Gasteiger partial charge in [-0.2, -0.15) is 13.2 Å². The van der Waals surface area contributed by atoms with Crippen molar-refractivity contribution in [1.29, 1.82) is 0 Å². The number of ether oxygens (including phenoxy) is 1. The number of hydrogen-bond donors (Lipinski definition) is 0. The lowest BCUT2D eigenvalue weighted by Gasteiger charge is -2.17. The van der Waals surface area contributed by atoms with Crippen molar-refractivity contribution in [2.24, 2.45) is 0 Å². The van der Waals surface area contributed by atoms with E-state index in [4.69, 9.17) is 15.4 Å². The highest BCUT2D eigenvalue weighted by atomic mass is 35.7. The van der Waals surface area contributed by atoms with Gasteiger partial charge in [0, 0.05) is 17.8 Å². The molecule has 0 fully saturated rings. The van der Waals surface area contributed by atoms with Crippen LogP contribution in [0.25, 0.3) is 0 Å². The zero-order valence-electron chi connectivity index (χ0n) is 9.24. The summed E-state index contributed by atoms with van der Waals surface area (Å²) in [6.45, 7) is 0.227. The van der Waals surface area contributed by atoms with Crippen molar-refractivity contribution in [1.82, 2.24) is 0 Å². The molecule has 0 aliphatic heterocycles. The molecule has 0 bridgehead atoms. The van der Waals surface area contributed by atoms with Crippen LogP contribution in [0.2, 0.25) is 0 Å². The van der Waals surface area contributed by atoms with E-state index in [1.54, 1.807) is 0 Å².